The molecule has 3 rings (SSSR count). The highest BCUT2D eigenvalue weighted by molar-refractivity contribution is 5.89. The lowest BCUT2D eigenvalue weighted by Crippen LogP contribution is -2.38. The number of benzene rings is 1. The molecule has 0 bridgehead atoms. The number of carbonyl (C=O) groups is 3. The van der Waals surface area contributed by atoms with Gasteiger partial charge in [-0.1, -0.05) is 36.4 Å². The summed E-state index contributed by atoms with van der Waals surface area (Å²) >= 11 is 0. The molecule has 1 saturated heterocycles. The van der Waals surface area contributed by atoms with Crippen molar-refractivity contribution in [3.63, 3.8) is 0 Å². The van der Waals surface area contributed by atoms with Crippen LogP contribution in [0.3, 0.4) is 0 Å². The molecule has 1 fully saturated rings. The predicted octanol–water partition coefficient (Wildman–Crippen LogP) is 0.905. The van der Waals surface area contributed by atoms with Gasteiger partial charge in [-0.15, -0.1) is 0 Å². The molecule has 1 aliphatic rings. The van der Waals surface area contributed by atoms with Gasteiger partial charge in [0.1, 0.15) is 0 Å². The number of pyridine rings is 1. The Bertz CT molecular complexity index is 811. The zero-order valence-corrected chi connectivity index (χ0v) is 15.6. The normalized spacial score (nSPS) is 16.1. The molecule has 0 saturated carbocycles. The maximum Gasteiger partial charge on any atom is 0.225 e. The number of aromatic nitrogens is 1. The van der Waals surface area contributed by atoms with E-state index in [1.165, 1.54) is 0 Å². The largest absolute Gasteiger partial charge is 0.354 e. The summed E-state index contributed by atoms with van der Waals surface area (Å²) in [5.41, 5.74) is 1.75. The highest BCUT2D eigenvalue weighted by atomic mass is 16.2. The minimum absolute atomic E-state index is 0.0398. The molecule has 7 heteroatoms. The van der Waals surface area contributed by atoms with E-state index in [4.69, 9.17) is 0 Å². The third-order valence-corrected chi connectivity index (χ3v) is 4.62. The van der Waals surface area contributed by atoms with Crippen molar-refractivity contribution in [3.05, 3.63) is 66.0 Å². The van der Waals surface area contributed by atoms with E-state index in [1.54, 1.807) is 11.1 Å². The van der Waals surface area contributed by atoms with Crippen molar-refractivity contribution in [1.82, 2.24) is 20.5 Å². The summed E-state index contributed by atoms with van der Waals surface area (Å²) in [4.78, 5) is 42.2. The van der Waals surface area contributed by atoms with E-state index in [-0.39, 0.29) is 30.1 Å². The molecule has 1 aromatic heterocycles. The third kappa shape index (κ3) is 5.64. The van der Waals surface area contributed by atoms with Crippen molar-refractivity contribution in [2.24, 2.45) is 5.92 Å². The van der Waals surface area contributed by atoms with Crippen LogP contribution in [0.5, 0.6) is 0 Å². The van der Waals surface area contributed by atoms with Crippen molar-refractivity contribution in [3.8, 4) is 0 Å². The molecular formula is C21H24N4O3. The predicted molar refractivity (Wildman–Crippen MR) is 104 cm³/mol. The monoisotopic (exact) mass is 380 g/mol. The van der Waals surface area contributed by atoms with Gasteiger partial charge < -0.3 is 15.5 Å². The molecule has 146 valence electrons. The zero-order chi connectivity index (χ0) is 19.8. The first-order valence-corrected chi connectivity index (χ1v) is 9.38. The fraction of sp³-hybridized carbons (Fsp3) is 0.333. The van der Waals surface area contributed by atoms with E-state index in [1.807, 2.05) is 48.5 Å². The minimum Gasteiger partial charge on any atom is -0.354 e. The summed E-state index contributed by atoms with van der Waals surface area (Å²) in [6, 6.07) is 15.0. The maximum atomic E-state index is 12.3. The molecule has 7 nitrogen and oxygen atoms in total. The summed E-state index contributed by atoms with van der Waals surface area (Å²) < 4.78 is 0. The van der Waals surface area contributed by atoms with Gasteiger partial charge in [-0.25, -0.2) is 0 Å². The lowest BCUT2D eigenvalue weighted by Gasteiger charge is -2.16. The van der Waals surface area contributed by atoms with Gasteiger partial charge in [0.2, 0.25) is 17.7 Å². The van der Waals surface area contributed by atoms with Gasteiger partial charge in [-0.3, -0.25) is 19.4 Å². The molecule has 2 heterocycles. The number of amides is 3. The summed E-state index contributed by atoms with van der Waals surface area (Å²) in [5, 5.41) is 5.59. The molecule has 3 amide bonds. The van der Waals surface area contributed by atoms with E-state index in [0.717, 1.165) is 11.3 Å². The molecule has 0 aliphatic carbocycles. The van der Waals surface area contributed by atoms with Crippen LogP contribution in [0.2, 0.25) is 0 Å². The van der Waals surface area contributed by atoms with Crippen LogP contribution in [0.4, 0.5) is 0 Å². The smallest absolute Gasteiger partial charge is 0.225 e. The highest BCUT2D eigenvalue weighted by Crippen LogP contribution is 2.19. The lowest BCUT2D eigenvalue weighted by molar-refractivity contribution is -0.129. The van der Waals surface area contributed by atoms with Gasteiger partial charge in [0.15, 0.2) is 0 Å². The second-order valence-corrected chi connectivity index (χ2v) is 6.80. The summed E-state index contributed by atoms with van der Waals surface area (Å²) in [6.45, 7) is 1.50. The Morgan fingerprint density at radius 3 is 2.54 bits per heavy atom. The average Bonchev–Trinajstić information content (AvgIpc) is 3.07. The molecule has 2 N–H and O–H groups in total. The lowest BCUT2D eigenvalue weighted by atomic mass is 10.1. The van der Waals surface area contributed by atoms with Crippen LogP contribution >= 0.6 is 0 Å². The first-order valence-electron chi connectivity index (χ1n) is 9.38. The molecule has 0 spiro atoms. The number of nitrogens with zero attached hydrogens (tertiary/aromatic N) is 2. The molecule has 2 aromatic rings. The third-order valence-electron chi connectivity index (χ3n) is 4.62. The van der Waals surface area contributed by atoms with E-state index in [2.05, 4.69) is 15.6 Å². The van der Waals surface area contributed by atoms with Crippen LogP contribution in [-0.4, -0.2) is 47.2 Å². The van der Waals surface area contributed by atoms with Crippen LogP contribution in [0.1, 0.15) is 17.7 Å². The number of carbonyl (C=O) groups excluding carboxylic acids is 3. The van der Waals surface area contributed by atoms with E-state index >= 15 is 0 Å². The Kier molecular flexibility index (Phi) is 6.73. The molecule has 28 heavy (non-hydrogen) atoms. The van der Waals surface area contributed by atoms with Crippen LogP contribution in [0, 0.1) is 5.92 Å². The van der Waals surface area contributed by atoms with Crippen molar-refractivity contribution < 1.29 is 14.4 Å². The number of hydrogen-bond acceptors (Lipinski definition) is 4. The second-order valence-electron chi connectivity index (χ2n) is 6.80. The summed E-state index contributed by atoms with van der Waals surface area (Å²) in [5.74, 6) is -0.648. The average molecular weight is 380 g/mol. The van der Waals surface area contributed by atoms with E-state index < -0.39 is 0 Å². The van der Waals surface area contributed by atoms with Gasteiger partial charge in [-0.05, 0) is 17.7 Å². The van der Waals surface area contributed by atoms with E-state index in [0.29, 0.717) is 32.6 Å². The Labute approximate surface area is 164 Å². The molecule has 1 aromatic carbocycles. The quantitative estimate of drug-likeness (QED) is 0.666. The van der Waals surface area contributed by atoms with Gasteiger partial charge in [-0.2, -0.15) is 0 Å². The number of hydrogen-bond donors (Lipinski definition) is 2. The van der Waals surface area contributed by atoms with Crippen LogP contribution in [0.15, 0.2) is 54.7 Å². The fourth-order valence-corrected chi connectivity index (χ4v) is 3.16. The van der Waals surface area contributed by atoms with Gasteiger partial charge in [0, 0.05) is 32.3 Å². The van der Waals surface area contributed by atoms with Gasteiger partial charge in [0.05, 0.1) is 24.6 Å². The topological polar surface area (TPSA) is 91.4 Å². The second kappa shape index (κ2) is 9.64. The SMILES string of the molecule is O=C(Cc1ccccc1)NCCNC(=O)C1CC(=O)N(Cc2ccccn2)C1. The fourth-order valence-electron chi connectivity index (χ4n) is 3.16. The Balaban J connectivity index is 1.36. The Morgan fingerprint density at radius 1 is 1.04 bits per heavy atom. The first kappa shape index (κ1) is 19.5. The molecule has 1 unspecified atom stereocenters. The number of likely N-dealkylation sites (tertiary alicyclic amines) is 1. The van der Waals surface area contributed by atoms with Gasteiger partial charge >= 0.3 is 0 Å². The Morgan fingerprint density at radius 2 is 1.79 bits per heavy atom. The highest BCUT2D eigenvalue weighted by Gasteiger charge is 2.34. The molecular weight excluding hydrogens is 356 g/mol. The first-order chi connectivity index (χ1) is 13.6. The van der Waals surface area contributed by atoms with E-state index in [9.17, 15) is 14.4 Å². The number of rotatable bonds is 8. The Hall–Kier alpha value is -3.22. The van der Waals surface area contributed by atoms with Gasteiger partial charge in [0.25, 0.3) is 0 Å². The van der Waals surface area contributed by atoms with Crippen molar-refractivity contribution in [2.45, 2.75) is 19.4 Å². The van der Waals surface area contributed by atoms with Crippen LogP contribution in [0.25, 0.3) is 0 Å². The minimum atomic E-state index is -0.365. The van der Waals surface area contributed by atoms with Crippen LogP contribution in [-0.2, 0) is 27.3 Å². The number of nitrogens with one attached hydrogen (secondary N) is 2. The van der Waals surface area contributed by atoms with Crippen molar-refractivity contribution >= 4 is 17.7 Å². The maximum absolute atomic E-state index is 12.3. The molecule has 1 aliphatic heterocycles. The molecule has 0 radical (unpaired) electrons. The van der Waals surface area contributed by atoms with Crippen LogP contribution < -0.4 is 10.6 Å². The van der Waals surface area contributed by atoms with Crippen molar-refractivity contribution in [2.75, 3.05) is 19.6 Å². The molecule has 1 atom stereocenters. The standard InChI is InChI=1S/C21H24N4O3/c26-19(12-16-6-2-1-3-7-16)23-10-11-24-21(28)17-13-20(27)25(14-17)15-18-8-4-5-9-22-18/h1-9,17H,10-15H2,(H,23,26)(H,24,28). The summed E-state index contributed by atoms with van der Waals surface area (Å²) in [6.07, 6.45) is 2.21. The zero-order valence-electron chi connectivity index (χ0n) is 15.6. The summed E-state index contributed by atoms with van der Waals surface area (Å²) in [7, 11) is 0. The van der Waals surface area contributed by atoms with Crippen molar-refractivity contribution in [1.29, 1.82) is 0 Å².